The molecule has 0 fully saturated rings. The second kappa shape index (κ2) is 9.92. The van der Waals surface area contributed by atoms with Crippen molar-refractivity contribution in [1.29, 1.82) is 0 Å². The molecule has 0 saturated carbocycles. The van der Waals surface area contributed by atoms with Crippen molar-refractivity contribution in [1.82, 2.24) is 0 Å². The Morgan fingerprint density at radius 1 is 0.944 bits per heavy atom. The molecular formula is C15H25NO2. The van der Waals surface area contributed by atoms with E-state index in [9.17, 15) is 0 Å². The Balaban J connectivity index is 1.91. The Labute approximate surface area is 110 Å². The standard InChI is InChI=1S/C15H25NO2/c1-3-4-10-17-12-13-18-11-9-16-15-7-5-14(2)6-8-15/h5-8,16H,3-4,9-13H2,1-2H3. The average Bonchev–Trinajstić information content (AvgIpc) is 2.39. The van der Waals surface area contributed by atoms with Gasteiger partial charge >= 0.3 is 0 Å². The molecule has 3 nitrogen and oxygen atoms in total. The molecule has 102 valence electrons. The molecule has 0 radical (unpaired) electrons. The molecule has 0 amide bonds. The Kier molecular flexibility index (Phi) is 8.26. The van der Waals surface area contributed by atoms with Crippen molar-refractivity contribution in [3.8, 4) is 0 Å². The van der Waals surface area contributed by atoms with Gasteiger partial charge in [-0.15, -0.1) is 0 Å². The van der Waals surface area contributed by atoms with Crippen LogP contribution in [0.4, 0.5) is 5.69 Å². The molecule has 0 atom stereocenters. The van der Waals surface area contributed by atoms with E-state index in [0.717, 1.165) is 25.3 Å². The highest BCUT2D eigenvalue weighted by molar-refractivity contribution is 5.44. The number of benzene rings is 1. The maximum atomic E-state index is 5.47. The monoisotopic (exact) mass is 251 g/mol. The molecule has 1 aromatic rings. The van der Waals surface area contributed by atoms with E-state index in [1.54, 1.807) is 0 Å². The minimum absolute atomic E-state index is 0.680. The van der Waals surface area contributed by atoms with Gasteiger partial charge in [0.2, 0.25) is 0 Å². The Morgan fingerprint density at radius 2 is 1.61 bits per heavy atom. The number of hydrogen-bond donors (Lipinski definition) is 1. The molecule has 1 N–H and O–H groups in total. The van der Waals surface area contributed by atoms with Gasteiger partial charge in [0.15, 0.2) is 0 Å². The van der Waals surface area contributed by atoms with Crippen molar-refractivity contribution in [2.75, 3.05) is 38.3 Å². The number of unbranched alkanes of at least 4 members (excludes halogenated alkanes) is 1. The van der Waals surface area contributed by atoms with Crippen LogP contribution in [0.1, 0.15) is 25.3 Å². The molecule has 1 rings (SSSR count). The number of aryl methyl sites for hydroxylation is 1. The summed E-state index contributed by atoms with van der Waals surface area (Å²) >= 11 is 0. The van der Waals surface area contributed by atoms with Gasteiger partial charge in [-0.05, 0) is 25.5 Å². The van der Waals surface area contributed by atoms with Crippen LogP contribution in [0.25, 0.3) is 0 Å². The molecule has 3 heteroatoms. The van der Waals surface area contributed by atoms with Crippen molar-refractivity contribution >= 4 is 5.69 Å². The fourth-order valence-electron chi connectivity index (χ4n) is 1.51. The average molecular weight is 251 g/mol. The van der Waals surface area contributed by atoms with Crippen molar-refractivity contribution in [2.24, 2.45) is 0 Å². The highest BCUT2D eigenvalue weighted by Gasteiger charge is 1.92. The van der Waals surface area contributed by atoms with E-state index in [4.69, 9.17) is 9.47 Å². The highest BCUT2D eigenvalue weighted by Crippen LogP contribution is 2.07. The van der Waals surface area contributed by atoms with Crippen molar-refractivity contribution < 1.29 is 9.47 Å². The van der Waals surface area contributed by atoms with Gasteiger partial charge in [0.05, 0.1) is 19.8 Å². The van der Waals surface area contributed by atoms with Crippen molar-refractivity contribution in [3.63, 3.8) is 0 Å². The van der Waals surface area contributed by atoms with Crippen molar-refractivity contribution in [3.05, 3.63) is 29.8 Å². The third-order valence-electron chi connectivity index (χ3n) is 2.64. The summed E-state index contributed by atoms with van der Waals surface area (Å²) in [7, 11) is 0. The number of anilines is 1. The van der Waals surface area contributed by atoms with Crippen LogP contribution in [0.15, 0.2) is 24.3 Å². The van der Waals surface area contributed by atoms with Crippen LogP contribution < -0.4 is 5.32 Å². The predicted molar refractivity (Wildman–Crippen MR) is 76.2 cm³/mol. The normalized spacial score (nSPS) is 10.6. The smallest absolute Gasteiger partial charge is 0.0701 e. The van der Waals surface area contributed by atoms with Gasteiger partial charge in [-0.1, -0.05) is 31.0 Å². The van der Waals surface area contributed by atoms with Crippen LogP contribution in [-0.4, -0.2) is 33.0 Å². The summed E-state index contributed by atoms with van der Waals surface area (Å²) < 4.78 is 10.9. The third kappa shape index (κ3) is 7.30. The number of nitrogens with one attached hydrogen (secondary N) is 1. The maximum Gasteiger partial charge on any atom is 0.0701 e. The lowest BCUT2D eigenvalue weighted by molar-refractivity contribution is 0.0505. The molecule has 0 aliphatic rings. The first kappa shape index (κ1) is 15.0. The Bertz CT molecular complexity index is 298. The van der Waals surface area contributed by atoms with E-state index in [1.165, 1.54) is 12.0 Å². The molecule has 0 aliphatic heterocycles. The quantitative estimate of drug-likeness (QED) is 0.648. The SMILES string of the molecule is CCCCOCCOCCNc1ccc(C)cc1. The van der Waals surface area contributed by atoms with Gasteiger partial charge in [0, 0.05) is 18.8 Å². The molecule has 1 aromatic carbocycles. The molecule has 18 heavy (non-hydrogen) atoms. The molecule has 0 saturated heterocycles. The molecule has 0 unspecified atom stereocenters. The molecule has 0 bridgehead atoms. The fraction of sp³-hybridized carbons (Fsp3) is 0.600. The van der Waals surface area contributed by atoms with Crippen LogP contribution in [0.5, 0.6) is 0 Å². The fourth-order valence-corrected chi connectivity index (χ4v) is 1.51. The molecule has 0 aromatic heterocycles. The Morgan fingerprint density at radius 3 is 2.28 bits per heavy atom. The summed E-state index contributed by atoms with van der Waals surface area (Å²) in [5.41, 5.74) is 2.42. The third-order valence-corrected chi connectivity index (χ3v) is 2.64. The van der Waals surface area contributed by atoms with Crippen LogP contribution in [-0.2, 0) is 9.47 Å². The summed E-state index contributed by atoms with van der Waals surface area (Å²) in [4.78, 5) is 0. The van der Waals surface area contributed by atoms with Gasteiger partial charge < -0.3 is 14.8 Å². The zero-order chi connectivity index (χ0) is 13.1. The van der Waals surface area contributed by atoms with Crippen LogP contribution >= 0.6 is 0 Å². The molecule has 0 heterocycles. The Hall–Kier alpha value is -1.06. The summed E-state index contributed by atoms with van der Waals surface area (Å²) in [5, 5.41) is 3.32. The number of rotatable bonds is 10. The summed E-state index contributed by atoms with van der Waals surface area (Å²) in [6.45, 7) is 8.02. The maximum absolute atomic E-state index is 5.47. The number of ether oxygens (including phenoxy) is 2. The van der Waals surface area contributed by atoms with Gasteiger partial charge in [0.1, 0.15) is 0 Å². The zero-order valence-electron chi connectivity index (χ0n) is 11.6. The second-order valence-electron chi connectivity index (χ2n) is 4.37. The first-order valence-corrected chi connectivity index (χ1v) is 6.79. The molecule has 0 aliphatic carbocycles. The zero-order valence-corrected chi connectivity index (χ0v) is 11.6. The first-order chi connectivity index (χ1) is 8.83. The van der Waals surface area contributed by atoms with Crippen LogP contribution in [0.2, 0.25) is 0 Å². The largest absolute Gasteiger partial charge is 0.383 e. The summed E-state index contributed by atoms with van der Waals surface area (Å²) in [5.74, 6) is 0. The lowest BCUT2D eigenvalue weighted by Gasteiger charge is -2.08. The van der Waals surface area contributed by atoms with Gasteiger partial charge in [-0.3, -0.25) is 0 Å². The first-order valence-electron chi connectivity index (χ1n) is 6.79. The lowest BCUT2D eigenvalue weighted by atomic mass is 10.2. The topological polar surface area (TPSA) is 30.5 Å². The lowest BCUT2D eigenvalue weighted by Crippen LogP contribution is -2.12. The molecular weight excluding hydrogens is 226 g/mol. The van der Waals surface area contributed by atoms with Gasteiger partial charge in [0.25, 0.3) is 0 Å². The van der Waals surface area contributed by atoms with E-state index in [0.29, 0.717) is 19.8 Å². The van der Waals surface area contributed by atoms with Crippen LogP contribution in [0, 0.1) is 6.92 Å². The van der Waals surface area contributed by atoms with Gasteiger partial charge in [-0.2, -0.15) is 0 Å². The summed E-state index contributed by atoms with van der Waals surface area (Å²) in [6.07, 6.45) is 2.32. The van der Waals surface area contributed by atoms with E-state index in [2.05, 4.69) is 43.4 Å². The van der Waals surface area contributed by atoms with Gasteiger partial charge in [-0.25, -0.2) is 0 Å². The van der Waals surface area contributed by atoms with E-state index < -0.39 is 0 Å². The minimum Gasteiger partial charge on any atom is -0.383 e. The van der Waals surface area contributed by atoms with Crippen molar-refractivity contribution in [2.45, 2.75) is 26.7 Å². The van der Waals surface area contributed by atoms with E-state index in [-0.39, 0.29) is 0 Å². The predicted octanol–water partition coefficient (Wildman–Crippen LogP) is 3.24. The summed E-state index contributed by atoms with van der Waals surface area (Å²) in [6, 6.07) is 8.38. The molecule has 0 spiro atoms. The van der Waals surface area contributed by atoms with Crippen LogP contribution in [0.3, 0.4) is 0 Å². The highest BCUT2D eigenvalue weighted by atomic mass is 16.5. The number of hydrogen-bond acceptors (Lipinski definition) is 3. The second-order valence-corrected chi connectivity index (χ2v) is 4.37. The van der Waals surface area contributed by atoms with E-state index in [1.807, 2.05) is 0 Å². The van der Waals surface area contributed by atoms with E-state index >= 15 is 0 Å². The minimum atomic E-state index is 0.680.